The maximum atomic E-state index is 12.7. The number of halogens is 3. The number of fused-ring (bicyclic) bond motifs is 1. The van der Waals surface area contributed by atoms with Crippen molar-refractivity contribution in [2.45, 2.75) is 13.1 Å². The van der Waals surface area contributed by atoms with Crippen LogP contribution in [0.3, 0.4) is 0 Å². The summed E-state index contributed by atoms with van der Waals surface area (Å²) < 4.78 is 39.8. The van der Waals surface area contributed by atoms with Gasteiger partial charge in [-0.2, -0.15) is 13.2 Å². The number of aryl methyl sites for hydroxylation is 1. The monoisotopic (exact) mass is 278 g/mol. The average Bonchev–Trinajstić information content (AvgIpc) is 2.79. The van der Waals surface area contributed by atoms with E-state index in [4.69, 9.17) is 0 Å². The Hall–Kier alpha value is -2.44. The maximum absolute atomic E-state index is 12.7. The summed E-state index contributed by atoms with van der Waals surface area (Å²) in [5, 5.41) is 7.69. The SMILES string of the molecule is Cc1nnc2ncc(-c3cccc(C(F)(F)F)c3)cn12. The molecule has 0 N–H and O–H groups in total. The summed E-state index contributed by atoms with van der Waals surface area (Å²) in [7, 11) is 0. The Kier molecular flexibility index (Phi) is 2.70. The highest BCUT2D eigenvalue weighted by Gasteiger charge is 2.30. The molecule has 0 amide bonds. The van der Waals surface area contributed by atoms with Crippen LogP contribution in [0.2, 0.25) is 0 Å². The number of nitrogens with zero attached hydrogens (tertiary/aromatic N) is 4. The Bertz CT molecular complexity index is 777. The second-order valence-corrected chi connectivity index (χ2v) is 4.34. The zero-order valence-electron chi connectivity index (χ0n) is 10.4. The third-order valence-corrected chi connectivity index (χ3v) is 2.96. The lowest BCUT2D eigenvalue weighted by Crippen LogP contribution is -2.04. The molecule has 0 radical (unpaired) electrons. The van der Waals surface area contributed by atoms with E-state index in [-0.39, 0.29) is 0 Å². The molecule has 102 valence electrons. The largest absolute Gasteiger partial charge is 0.416 e. The molecular formula is C13H9F3N4. The van der Waals surface area contributed by atoms with Crippen molar-refractivity contribution in [3.8, 4) is 11.1 Å². The highest BCUT2D eigenvalue weighted by Crippen LogP contribution is 2.31. The van der Waals surface area contributed by atoms with Gasteiger partial charge in [-0.05, 0) is 24.6 Å². The smallest absolute Gasteiger partial charge is 0.270 e. The van der Waals surface area contributed by atoms with E-state index < -0.39 is 11.7 Å². The van der Waals surface area contributed by atoms with Gasteiger partial charge in [0.15, 0.2) is 0 Å². The Labute approximate surface area is 111 Å². The second-order valence-electron chi connectivity index (χ2n) is 4.34. The van der Waals surface area contributed by atoms with Crippen LogP contribution in [0.4, 0.5) is 13.2 Å². The van der Waals surface area contributed by atoms with Crippen molar-refractivity contribution in [3.63, 3.8) is 0 Å². The summed E-state index contributed by atoms with van der Waals surface area (Å²) >= 11 is 0. The number of benzene rings is 1. The molecule has 0 saturated carbocycles. The topological polar surface area (TPSA) is 43.1 Å². The van der Waals surface area contributed by atoms with Crippen molar-refractivity contribution in [3.05, 3.63) is 48.0 Å². The van der Waals surface area contributed by atoms with Gasteiger partial charge in [0.1, 0.15) is 5.82 Å². The third kappa shape index (κ3) is 2.11. The Morgan fingerprint density at radius 2 is 1.90 bits per heavy atom. The molecule has 0 atom stereocenters. The first-order chi connectivity index (χ1) is 9.45. The molecule has 0 aliphatic heterocycles. The molecule has 2 heterocycles. The molecule has 1 aromatic carbocycles. The van der Waals surface area contributed by atoms with Crippen molar-refractivity contribution in [1.82, 2.24) is 19.6 Å². The zero-order chi connectivity index (χ0) is 14.3. The molecule has 3 aromatic rings. The fraction of sp³-hybridized carbons (Fsp3) is 0.154. The summed E-state index contributed by atoms with van der Waals surface area (Å²) in [4.78, 5) is 4.08. The molecule has 4 nitrogen and oxygen atoms in total. The van der Waals surface area contributed by atoms with Crippen LogP contribution in [0.1, 0.15) is 11.4 Å². The van der Waals surface area contributed by atoms with Gasteiger partial charge in [0, 0.05) is 18.0 Å². The summed E-state index contributed by atoms with van der Waals surface area (Å²) in [5.74, 6) is 1.04. The zero-order valence-corrected chi connectivity index (χ0v) is 10.4. The molecule has 0 unspecified atom stereocenters. The molecule has 0 aliphatic carbocycles. The number of rotatable bonds is 1. The van der Waals surface area contributed by atoms with Gasteiger partial charge in [-0.3, -0.25) is 4.40 Å². The van der Waals surface area contributed by atoms with Gasteiger partial charge in [-0.25, -0.2) is 4.98 Å². The second kappa shape index (κ2) is 4.29. The average molecular weight is 278 g/mol. The minimum atomic E-state index is -4.36. The predicted octanol–water partition coefficient (Wildman–Crippen LogP) is 3.12. The Morgan fingerprint density at radius 3 is 2.65 bits per heavy atom. The molecule has 0 spiro atoms. The van der Waals surface area contributed by atoms with Gasteiger partial charge in [0.2, 0.25) is 0 Å². The van der Waals surface area contributed by atoms with Gasteiger partial charge >= 0.3 is 6.18 Å². The van der Waals surface area contributed by atoms with E-state index in [1.165, 1.54) is 12.3 Å². The van der Waals surface area contributed by atoms with Crippen LogP contribution < -0.4 is 0 Å². The Balaban J connectivity index is 2.13. The van der Waals surface area contributed by atoms with Crippen molar-refractivity contribution in [1.29, 1.82) is 0 Å². The van der Waals surface area contributed by atoms with E-state index in [9.17, 15) is 13.2 Å². The van der Waals surface area contributed by atoms with E-state index in [2.05, 4.69) is 15.2 Å². The summed E-state index contributed by atoms with van der Waals surface area (Å²) in [6.07, 6.45) is -1.20. The standard InChI is InChI=1S/C13H9F3N4/c1-8-18-19-12-17-6-10(7-20(8)12)9-3-2-4-11(5-9)13(14,15)16/h2-7H,1H3. The lowest BCUT2D eigenvalue weighted by molar-refractivity contribution is -0.137. The number of hydrogen-bond acceptors (Lipinski definition) is 3. The molecule has 0 fully saturated rings. The van der Waals surface area contributed by atoms with Gasteiger partial charge in [-0.15, -0.1) is 10.2 Å². The van der Waals surface area contributed by atoms with E-state index in [0.29, 0.717) is 22.7 Å². The summed E-state index contributed by atoms with van der Waals surface area (Å²) in [6, 6.07) is 5.13. The number of aromatic nitrogens is 4. The molecule has 3 rings (SSSR count). The fourth-order valence-corrected chi connectivity index (χ4v) is 1.92. The molecule has 0 saturated heterocycles. The molecule has 0 aliphatic rings. The fourth-order valence-electron chi connectivity index (χ4n) is 1.92. The lowest BCUT2D eigenvalue weighted by Gasteiger charge is -2.08. The van der Waals surface area contributed by atoms with E-state index in [0.717, 1.165) is 12.1 Å². The minimum Gasteiger partial charge on any atom is -0.270 e. The summed E-state index contributed by atoms with van der Waals surface area (Å²) in [6.45, 7) is 1.75. The molecule has 2 aromatic heterocycles. The van der Waals surface area contributed by atoms with Gasteiger partial charge in [0.25, 0.3) is 5.78 Å². The van der Waals surface area contributed by atoms with Crippen LogP contribution in [-0.2, 0) is 6.18 Å². The molecule has 7 heteroatoms. The normalized spacial score (nSPS) is 12.0. The first kappa shape index (κ1) is 12.6. The van der Waals surface area contributed by atoms with Crippen molar-refractivity contribution < 1.29 is 13.2 Å². The van der Waals surface area contributed by atoms with Crippen LogP contribution in [0.15, 0.2) is 36.7 Å². The van der Waals surface area contributed by atoms with Crippen LogP contribution >= 0.6 is 0 Å². The van der Waals surface area contributed by atoms with Crippen LogP contribution in [0.5, 0.6) is 0 Å². The first-order valence-electron chi connectivity index (χ1n) is 5.80. The van der Waals surface area contributed by atoms with Crippen LogP contribution in [-0.4, -0.2) is 19.6 Å². The van der Waals surface area contributed by atoms with Gasteiger partial charge in [0.05, 0.1) is 5.56 Å². The molecule has 20 heavy (non-hydrogen) atoms. The summed E-state index contributed by atoms with van der Waals surface area (Å²) in [5.41, 5.74) is 0.337. The van der Waals surface area contributed by atoms with Gasteiger partial charge in [-0.1, -0.05) is 12.1 Å². The van der Waals surface area contributed by atoms with Crippen molar-refractivity contribution in [2.24, 2.45) is 0 Å². The highest BCUT2D eigenvalue weighted by atomic mass is 19.4. The quantitative estimate of drug-likeness (QED) is 0.687. The lowest BCUT2D eigenvalue weighted by atomic mass is 10.1. The predicted molar refractivity (Wildman–Crippen MR) is 66.0 cm³/mol. The van der Waals surface area contributed by atoms with E-state index in [1.807, 2.05) is 0 Å². The molecule has 0 bridgehead atoms. The van der Waals surface area contributed by atoms with Crippen LogP contribution in [0, 0.1) is 6.92 Å². The third-order valence-electron chi connectivity index (χ3n) is 2.96. The Morgan fingerprint density at radius 1 is 1.10 bits per heavy atom. The van der Waals surface area contributed by atoms with Crippen molar-refractivity contribution >= 4 is 5.78 Å². The van der Waals surface area contributed by atoms with Gasteiger partial charge < -0.3 is 0 Å². The highest BCUT2D eigenvalue weighted by molar-refractivity contribution is 5.63. The van der Waals surface area contributed by atoms with Crippen molar-refractivity contribution in [2.75, 3.05) is 0 Å². The number of alkyl halides is 3. The minimum absolute atomic E-state index is 0.415. The number of hydrogen-bond donors (Lipinski definition) is 0. The van der Waals surface area contributed by atoms with E-state index >= 15 is 0 Å². The van der Waals surface area contributed by atoms with E-state index in [1.54, 1.807) is 23.6 Å². The maximum Gasteiger partial charge on any atom is 0.416 e. The molecular weight excluding hydrogens is 269 g/mol. The first-order valence-corrected chi connectivity index (χ1v) is 5.80. The van der Waals surface area contributed by atoms with Crippen LogP contribution in [0.25, 0.3) is 16.9 Å².